The lowest BCUT2D eigenvalue weighted by Crippen LogP contribution is -2.51. The van der Waals surface area contributed by atoms with Crippen molar-refractivity contribution >= 4 is 5.78 Å². The predicted octanol–water partition coefficient (Wildman–Crippen LogP) is 3.15. The SMILES string of the molecule is C[C@]12CC=C3[C@H](CC[C@@]45CC6(CC[C@@]34O5)OCCO6)[C@@H]1CCC2=O. The average Bonchev–Trinajstić information content (AvgIpc) is 2.88. The zero-order valence-corrected chi connectivity index (χ0v) is 14.4. The van der Waals surface area contributed by atoms with E-state index in [0.717, 1.165) is 64.6 Å². The molecule has 0 aromatic heterocycles. The number of epoxide rings is 1. The maximum absolute atomic E-state index is 12.5. The highest BCUT2D eigenvalue weighted by Gasteiger charge is 2.79. The second-order valence-corrected chi connectivity index (χ2v) is 9.20. The lowest BCUT2D eigenvalue weighted by atomic mass is 9.54. The zero-order chi connectivity index (χ0) is 16.2. The molecule has 0 aromatic rings. The van der Waals surface area contributed by atoms with Crippen molar-refractivity contribution in [3.05, 3.63) is 11.6 Å². The van der Waals surface area contributed by atoms with Crippen LogP contribution < -0.4 is 0 Å². The Morgan fingerprint density at radius 3 is 2.79 bits per heavy atom. The number of rotatable bonds is 0. The number of hydrogen-bond donors (Lipinski definition) is 0. The number of ether oxygens (including phenoxy) is 3. The Morgan fingerprint density at radius 1 is 1.12 bits per heavy atom. The number of allylic oxidation sites excluding steroid dienone is 1. The van der Waals surface area contributed by atoms with Crippen LogP contribution in [0, 0.1) is 17.3 Å². The molecule has 24 heavy (non-hydrogen) atoms. The molecular weight excluding hydrogens is 304 g/mol. The molecular formula is C20H26O4. The number of carbonyl (C=O) groups excluding carboxylic acids is 1. The highest BCUT2D eigenvalue weighted by atomic mass is 16.7. The van der Waals surface area contributed by atoms with Gasteiger partial charge in [0.2, 0.25) is 0 Å². The Bertz CT molecular complexity index is 663. The van der Waals surface area contributed by atoms with Gasteiger partial charge in [-0.15, -0.1) is 0 Å². The molecule has 0 N–H and O–H groups in total. The highest BCUT2D eigenvalue weighted by Crippen LogP contribution is 2.73. The monoisotopic (exact) mass is 330 g/mol. The van der Waals surface area contributed by atoms with Crippen molar-refractivity contribution in [2.24, 2.45) is 17.3 Å². The van der Waals surface area contributed by atoms with Gasteiger partial charge in [0.15, 0.2) is 5.79 Å². The minimum absolute atomic E-state index is 0.0473. The van der Waals surface area contributed by atoms with Gasteiger partial charge < -0.3 is 14.2 Å². The first-order valence-corrected chi connectivity index (χ1v) is 9.75. The third-order valence-corrected chi connectivity index (χ3v) is 8.38. The van der Waals surface area contributed by atoms with Crippen LogP contribution in [0.2, 0.25) is 0 Å². The third kappa shape index (κ3) is 1.47. The second-order valence-electron chi connectivity index (χ2n) is 9.20. The third-order valence-electron chi connectivity index (χ3n) is 8.38. The van der Waals surface area contributed by atoms with E-state index >= 15 is 0 Å². The molecule has 1 spiro atoms. The van der Waals surface area contributed by atoms with Crippen LogP contribution in [0.1, 0.15) is 58.3 Å². The lowest BCUT2D eigenvalue weighted by molar-refractivity contribution is -0.185. The van der Waals surface area contributed by atoms with E-state index in [-0.39, 0.29) is 22.4 Å². The summed E-state index contributed by atoms with van der Waals surface area (Å²) in [6.07, 6.45) is 10.3. The molecule has 3 saturated carbocycles. The Labute approximate surface area is 142 Å². The van der Waals surface area contributed by atoms with Crippen molar-refractivity contribution in [3.63, 3.8) is 0 Å². The maximum Gasteiger partial charge on any atom is 0.171 e. The lowest BCUT2D eigenvalue weighted by Gasteiger charge is -2.48. The van der Waals surface area contributed by atoms with E-state index in [4.69, 9.17) is 14.2 Å². The molecule has 0 radical (unpaired) electrons. The van der Waals surface area contributed by atoms with Crippen LogP contribution in [0.4, 0.5) is 0 Å². The summed E-state index contributed by atoms with van der Waals surface area (Å²) in [7, 11) is 0. The molecule has 6 aliphatic rings. The molecule has 4 heteroatoms. The number of hydrogen-bond acceptors (Lipinski definition) is 4. The van der Waals surface area contributed by atoms with Crippen LogP contribution >= 0.6 is 0 Å². The Balaban J connectivity index is 1.37. The summed E-state index contributed by atoms with van der Waals surface area (Å²) in [4.78, 5) is 12.5. The van der Waals surface area contributed by atoms with E-state index < -0.39 is 0 Å². The Morgan fingerprint density at radius 2 is 1.96 bits per heavy atom. The summed E-state index contributed by atoms with van der Waals surface area (Å²) in [5.41, 5.74) is 1.34. The molecule has 0 bridgehead atoms. The van der Waals surface area contributed by atoms with Gasteiger partial charge in [-0.2, -0.15) is 0 Å². The molecule has 5 atom stereocenters. The van der Waals surface area contributed by atoms with E-state index in [2.05, 4.69) is 13.0 Å². The van der Waals surface area contributed by atoms with Gasteiger partial charge in [0.05, 0.1) is 13.2 Å². The van der Waals surface area contributed by atoms with Crippen molar-refractivity contribution in [2.45, 2.75) is 75.3 Å². The van der Waals surface area contributed by atoms with Crippen molar-refractivity contribution in [1.29, 1.82) is 0 Å². The normalized spacial score (nSPS) is 53.9. The fourth-order valence-electron chi connectivity index (χ4n) is 7.11. The fraction of sp³-hybridized carbons (Fsp3) is 0.850. The highest BCUT2D eigenvalue weighted by molar-refractivity contribution is 5.87. The first-order chi connectivity index (χ1) is 11.5. The summed E-state index contributed by atoms with van der Waals surface area (Å²) in [5, 5.41) is 0. The Kier molecular flexibility index (Phi) is 2.51. The van der Waals surface area contributed by atoms with Crippen LogP contribution in [-0.2, 0) is 19.0 Å². The quantitative estimate of drug-likeness (QED) is 0.506. The average molecular weight is 330 g/mol. The maximum atomic E-state index is 12.5. The number of Topliss-reactive ketones (excluding diaryl/α,β-unsaturated/α-hetero) is 1. The van der Waals surface area contributed by atoms with Gasteiger partial charge in [0.25, 0.3) is 0 Å². The molecule has 130 valence electrons. The molecule has 4 aliphatic carbocycles. The Hall–Kier alpha value is -0.710. The molecule has 5 fully saturated rings. The van der Waals surface area contributed by atoms with Crippen LogP contribution in [-0.4, -0.2) is 36.0 Å². The van der Waals surface area contributed by atoms with E-state index in [1.807, 2.05) is 0 Å². The van der Waals surface area contributed by atoms with Crippen molar-refractivity contribution in [1.82, 2.24) is 0 Å². The van der Waals surface area contributed by atoms with E-state index in [0.29, 0.717) is 17.6 Å². The first kappa shape index (κ1) is 14.5. The fourth-order valence-corrected chi connectivity index (χ4v) is 7.11. The minimum Gasteiger partial charge on any atom is -0.358 e. The summed E-state index contributed by atoms with van der Waals surface area (Å²) >= 11 is 0. The molecule has 2 heterocycles. The number of fused-ring (bicyclic) bond motifs is 3. The van der Waals surface area contributed by atoms with Gasteiger partial charge in [-0.1, -0.05) is 13.0 Å². The molecule has 4 nitrogen and oxygen atoms in total. The van der Waals surface area contributed by atoms with Gasteiger partial charge in [0, 0.05) is 24.7 Å². The van der Waals surface area contributed by atoms with E-state index in [1.54, 1.807) is 5.57 Å². The van der Waals surface area contributed by atoms with Crippen molar-refractivity contribution < 1.29 is 19.0 Å². The van der Waals surface area contributed by atoms with Crippen LogP contribution in [0.5, 0.6) is 0 Å². The first-order valence-electron chi connectivity index (χ1n) is 9.75. The molecule has 0 unspecified atom stereocenters. The number of ketones is 1. The standard InChI is InChI=1S/C20H26O4/c1-17-6-5-15-13(14(17)2-3-16(17)21)4-7-18-12-19(22-10-11-23-19)8-9-20(15,18)24-18/h5,13-14H,2-4,6-12H2,1H3/t13-,14+,17+,18-,20-/m1/s1. The van der Waals surface area contributed by atoms with Gasteiger partial charge >= 0.3 is 0 Å². The van der Waals surface area contributed by atoms with Crippen LogP contribution in [0.25, 0.3) is 0 Å². The smallest absolute Gasteiger partial charge is 0.171 e. The molecule has 2 aliphatic heterocycles. The largest absolute Gasteiger partial charge is 0.358 e. The van der Waals surface area contributed by atoms with Crippen molar-refractivity contribution in [3.8, 4) is 0 Å². The van der Waals surface area contributed by atoms with Gasteiger partial charge in [-0.3, -0.25) is 4.79 Å². The summed E-state index contributed by atoms with van der Waals surface area (Å²) in [6.45, 7) is 3.65. The van der Waals surface area contributed by atoms with E-state index in [9.17, 15) is 4.79 Å². The molecule has 0 amide bonds. The molecule has 2 saturated heterocycles. The second kappa shape index (κ2) is 4.16. The van der Waals surface area contributed by atoms with Crippen LogP contribution in [0.15, 0.2) is 11.6 Å². The molecule has 6 rings (SSSR count). The topological polar surface area (TPSA) is 48.1 Å². The van der Waals surface area contributed by atoms with Gasteiger partial charge in [0.1, 0.15) is 17.0 Å². The van der Waals surface area contributed by atoms with Gasteiger partial charge in [-0.05, 0) is 49.5 Å². The molecule has 0 aromatic carbocycles. The summed E-state index contributed by atoms with van der Waals surface area (Å²) in [5.74, 6) is 1.21. The predicted molar refractivity (Wildman–Crippen MR) is 86.3 cm³/mol. The zero-order valence-electron chi connectivity index (χ0n) is 14.4. The van der Waals surface area contributed by atoms with Gasteiger partial charge in [-0.25, -0.2) is 0 Å². The van der Waals surface area contributed by atoms with Crippen molar-refractivity contribution in [2.75, 3.05) is 13.2 Å². The van der Waals surface area contributed by atoms with E-state index in [1.165, 1.54) is 0 Å². The summed E-state index contributed by atoms with van der Waals surface area (Å²) in [6, 6.07) is 0. The minimum atomic E-state index is -0.375. The summed E-state index contributed by atoms with van der Waals surface area (Å²) < 4.78 is 18.5. The van der Waals surface area contributed by atoms with Crippen LogP contribution in [0.3, 0.4) is 0 Å². The number of carbonyl (C=O) groups is 1.